The number of thiocarbonyl (C=S) groups is 1. The molecule has 0 aliphatic carbocycles. The molecule has 0 fully saturated rings. The summed E-state index contributed by atoms with van der Waals surface area (Å²) in [5.41, 5.74) is 4.09. The highest BCUT2D eigenvalue weighted by atomic mass is 35.5. The van der Waals surface area contributed by atoms with Gasteiger partial charge in [-0.3, -0.25) is 10.1 Å². The fourth-order valence-corrected chi connectivity index (χ4v) is 2.76. The number of halogens is 1. The molecule has 1 amide bonds. The number of hydrogen-bond donors (Lipinski definition) is 2. The van der Waals surface area contributed by atoms with Crippen molar-refractivity contribution in [3.63, 3.8) is 0 Å². The van der Waals surface area contributed by atoms with Crippen molar-refractivity contribution in [1.29, 1.82) is 0 Å². The number of benzene rings is 2. The van der Waals surface area contributed by atoms with Gasteiger partial charge in [-0.25, -0.2) is 0 Å². The molecule has 0 unspecified atom stereocenters. The first-order chi connectivity index (χ1) is 11.3. The molecule has 0 saturated heterocycles. The smallest absolute Gasteiger partial charge is 0.264 e. The lowest BCUT2D eigenvalue weighted by Crippen LogP contribution is -2.37. The maximum Gasteiger partial charge on any atom is 0.264 e. The maximum absolute atomic E-state index is 11.9. The number of carbonyl (C=O) groups excluding carboxylic acids is 1. The van der Waals surface area contributed by atoms with E-state index in [2.05, 4.69) is 16.7 Å². The predicted octanol–water partition coefficient (Wildman–Crippen LogP) is 4.16. The summed E-state index contributed by atoms with van der Waals surface area (Å²) in [6, 6.07) is 11.3. The Balaban J connectivity index is 1.86. The van der Waals surface area contributed by atoms with Gasteiger partial charge in [-0.05, 0) is 73.9 Å². The molecule has 0 atom stereocenters. The highest BCUT2D eigenvalue weighted by Crippen LogP contribution is 2.24. The monoisotopic (exact) mass is 362 g/mol. The number of aryl methyl sites for hydroxylation is 3. The second-order valence-corrected chi connectivity index (χ2v) is 6.42. The molecule has 0 aliphatic rings. The van der Waals surface area contributed by atoms with Crippen LogP contribution in [0.1, 0.15) is 16.7 Å². The van der Waals surface area contributed by atoms with E-state index < -0.39 is 0 Å². The molecule has 2 aromatic rings. The maximum atomic E-state index is 11.9. The molecule has 2 N–H and O–H groups in total. The molecule has 0 heterocycles. The van der Waals surface area contributed by atoms with E-state index in [4.69, 9.17) is 28.6 Å². The van der Waals surface area contributed by atoms with Crippen LogP contribution >= 0.6 is 23.8 Å². The van der Waals surface area contributed by atoms with E-state index in [1.165, 1.54) is 0 Å². The van der Waals surface area contributed by atoms with Crippen molar-refractivity contribution < 1.29 is 9.53 Å². The lowest BCUT2D eigenvalue weighted by atomic mass is 10.1. The third kappa shape index (κ3) is 5.51. The lowest BCUT2D eigenvalue weighted by Gasteiger charge is -2.12. The van der Waals surface area contributed by atoms with Crippen LogP contribution in [0.15, 0.2) is 36.4 Å². The summed E-state index contributed by atoms with van der Waals surface area (Å²) in [6.07, 6.45) is 0. The highest BCUT2D eigenvalue weighted by molar-refractivity contribution is 7.80. The number of hydrogen-bond acceptors (Lipinski definition) is 3. The van der Waals surface area contributed by atoms with Crippen LogP contribution in [0.25, 0.3) is 0 Å². The number of anilines is 1. The Labute approximate surface area is 152 Å². The fourth-order valence-electron chi connectivity index (χ4n) is 2.24. The van der Waals surface area contributed by atoms with E-state index in [9.17, 15) is 4.79 Å². The topological polar surface area (TPSA) is 50.4 Å². The first-order valence-electron chi connectivity index (χ1n) is 7.41. The van der Waals surface area contributed by atoms with Crippen LogP contribution in [0.5, 0.6) is 5.75 Å². The summed E-state index contributed by atoms with van der Waals surface area (Å²) < 4.78 is 5.41. The SMILES string of the molecule is Cc1cc(C)cc(NC(=S)NC(=O)COc2ccc(C)cc2Cl)c1. The van der Waals surface area contributed by atoms with Crippen molar-refractivity contribution in [3.05, 3.63) is 58.1 Å². The molecule has 2 aromatic carbocycles. The first-order valence-corrected chi connectivity index (χ1v) is 8.20. The Hall–Kier alpha value is -2.11. The minimum atomic E-state index is -0.353. The molecule has 6 heteroatoms. The van der Waals surface area contributed by atoms with Crippen LogP contribution in [0, 0.1) is 20.8 Å². The van der Waals surface area contributed by atoms with Gasteiger partial charge in [0.2, 0.25) is 0 Å². The van der Waals surface area contributed by atoms with Gasteiger partial charge < -0.3 is 10.1 Å². The van der Waals surface area contributed by atoms with Gasteiger partial charge in [-0.15, -0.1) is 0 Å². The Morgan fingerprint density at radius 1 is 1.08 bits per heavy atom. The second-order valence-electron chi connectivity index (χ2n) is 5.60. The van der Waals surface area contributed by atoms with Crippen molar-refractivity contribution in [2.75, 3.05) is 11.9 Å². The molecule has 24 heavy (non-hydrogen) atoms. The quantitative estimate of drug-likeness (QED) is 0.802. The van der Waals surface area contributed by atoms with E-state index in [0.29, 0.717) is 10.8 Å². The van der Waals surface area contributed by atoms with Gasteiger partial charge in [0.1, 0.15) is 5.75 Å². The highest BCUT2D eigenvalue weighted by Gasteiger charge is 2.08. The normalized spacial score (nSPS) is 10.2. The first kappa shape index (κ1) is 18.2. The third-order valence-corrected chi connectivity index (χ3v) is 3.68. The summed E-state index contributed by atoms with van der Waals surface area (Å²) in [5.74, 6) is 0.110. The number of nitrogens with one attached hydrogen (secondary N) is 2. The number of rotatable bonds is 4. The van der Waals surface area contributed by atoms with Crippen LogP contribution in [0.3, 0.4) is 0 Å². The summed E-state index contributed by atoms with van der Waals surface area (Å²) in [7, 11) is 0. The molecule has 0 aliphatic heterocycles. The predicted molar refractivity (Wildman–Crippen MR) is 102 cm³/mol. The molecular weight excluding hydrogens is 344 g/mol. The molecule has 0 saturated carbocycles. The minimum Gasteiger partial charge on any atom is -0.482 e. The van der Waals surface area contributed by atoms with Crippen molar-refractivity contribution in [2.45, 2.75) is 20.8 Å². The minimum absolute atomic E-state index is 0.169. The van der Waals surface area contributed by atoms with Gasteiger partial charge in [0.25, 0.3) is 5.91 Å². The van der Waals surface area contributed by atoms with E-state index in [0.717, 1.165) is 22.4 Å². The zero-order valence-electron chi connectivity index (χ0n) is 13.8. The van der Waals surface area contributed by atoms with Gasteiger partial charge in [-0.1, -0.05) is 23.7 Å². The Kier molecular flexibility index (Phi) is 6.17. The molecule has 0 aromatic heterocycles. The van der Waals surface area contributed by atoms with Crippen LogP contribution in [-0.4, -0.2) is 17.6 Å². The van der Waals surface area contributed by atoms with Gasteiger partial charge in [0, 0.05) is 5.69 Å². The number of carbonyl (C=O) groups is 1. The van der Waals surface area contributed by atoms with Gasteiger partial charge in [0.15, 0.2) is 11.7 Å². The second kappa shape index (κ2) is 8.13. The summed E-state index contributed by atoms with van der Waals surface area (Å²) in [4.78, 5) is 11.9. The largest absolute Gasteiger partial charge is 0.482 e. The fraction of sp³-hybridized carbons (Fsp3) is 0.222. The zero-order valence-corrected chi connectivity index (χ0v) is 15.3. The van der Waals surface area contributed by atoms with Crippen LogP contribution in [-0.2, 0) is 4.79 Å². The lowest BCUT2D eigenvalue weighted by molar-refractivity contribution is -0.121. The zero-order chi connectivity index (χ0) is 17.7. The summed E-state index contributed by atoms with van der Waals surface area (Å²) >= 11 is 11.2. The Morgan fingerprint density at radius 2 is 1.75 bits per heavy atom. The van der Waals surface area contributed by atoms with Crippen molar-refractivity contribution in [2.24, 2.45) is 0 Å². The van der Waals surface area contributed by atoms with E-state index in [-0.39, 0.29) is 17.6 Å². The molecule has 2 rings (SSSR count). The average Bonchev–Trinajstić information content (AvgIpc) is 2.44. The number of ether oxygens (including phenoxy) is 1. The third-order valence-electron chi connectivity index (χ3n) is 3.18. The van der Waals surface area contributed by atoms with Crippen LogP contribution < -0.4 is 15.4 Å². The molecular formula is C18H19ClN2O2S. The van der Waals surface area contributed by atoms with Gasteiger partial charge in [-0.2, -0.15) is 0 Å². The van der Waals surface area contributed by atoms with Crippen molar-refractivity contribution in [3.8, 4) is 5.75 Å². The van der Waals surface area contributed by atoms with Crippen molar-refractivity contribution in [1.82, 2.24) is 5.32 Å². The summed E-state index contributed by atoms with van der Waals surface area (Å²) in [5, 5.41) is 6.27. The van der Waals surface area contributed by atoms with Gasteiger partial charge >= 0.3 is 0 Å². The summed E-state index contributed by atoms with van der Waals surface area (Å²) in [6.45, 7) is 5.76. The molecule has 4 nitrogen and oxygen atoms in total. The van der Waals surface area contributed by atoms with Gasteiger partial charge in [0.05, 0.1) is 5.02 Å². The molecule has 0 spiro atoms. The number of amides is 1. The average molecular weight is 363 g/mol. The molecule has 0 bridgehead atoms. The molecule has 126 valence electrons. The van der Waals surface area contributed by atoms with E-state index >= 15 is 0 Å². The standard InChI is InChI=1S/C18H19ClN2O2S/c1-11-4-5-16(15(19)9-11)23-10-17(22)21-18(24)20-14-7-12(2)6-13(3)8-14/h4-9H,10H2,1-3H3,(H2,20,21,22,24). The molecule has 0 radical (unpaired) electrons. The van der Waals surface area contributed by atoms with Crippen LogP contribution in [0.4, 0.5) is 5.69 Å². The Bertz CT molecular complexity index is 757. The van der Waals surface area contributed by atoms with E-state index in [1.54, 1.807) is 12.1 Å². The van der Waals surface area contributed by atoms with Crippen molar-refractivity contribution >= 4 is 40.5 Å². The van der Waals surface area contributed by atoms with Crippen LogP contribution in [0.2, 0.25) is 5.02 Å². The van der Waals surface area contributed by atoms with E-state index in [1.807, 2.05) is 39.0 Å². The Morgan fingerprint density at radius 3 is 2.38 bits per heavy atom.